The van der Waals surface area contributed by atoms with E-state index in [0.29, 0.717) is 11.1 Å². The van der Waals surface area contributed by atoms with Crippen molar-refractivity contribution >= 4 is 12.6 Å². The summed E-state index contributed by atoms with van der Waals surface area (Å²) in [6.45, 7) is 3.18. The van der Waals surface area contributed by atoms with Crippen molar-refractivity contribution in [1.29, 1.82) is 0 Å². The zero-order valence-electron chi connectivity index (χ0n) is 19.7. The molecule has 0 radical (unpaired) electrons. The van der Waals surface area contributed by atoms with E-state index in [0.717, 1.165) is 36.7 Å². The number of fused-ring (bicyclic) bond motifs is 1. The number of carbonyl (C=O) groups excluding carboxylic acids is 2. The third-order valence-corrected chi connectivity index (χ3v) is 6.47. The Hall–Kier alpha value is -1.90. The molecular weight excluding hydrogens is 382 g/mol. The molecule has 0 spiro atoms. The molecule has 3 nitrogen and oxygen atoms in total. The average Bonchev–Trinajstić information content (AvgIpc) is 3.21. The van der Waals surface area contributed by atoms with Crippen molar-refractivity contribution in [1.82, 2.24) is 4.57 Å². The lowest BCUT2D eigenvalue weighted by molar-refractivity contribution is 0.111. The van der Waals surface area contributed by atoms with Crippen molar-refractivity contribution in [3.63, 3.8) is 0 Å². The van der Waals surface area contributed by atoms with Gasteiger partial charge in [-0.1, -0.05) is 115 Å². The molecule has 0 bridgehead atoms. The number of hydrogen-bond acceptors (Lipinski definition) is 2. The summed E-state index contributed by atoms with van der Waals surface area (Å²) in [7, 11) is 0. The largest absolute Gasteiger partial charge is 0.353 e. The van der Waals surface area contributed by atoms with Crippen LogP contribution in [0.1, 0.15) is 130 Å². The van der Waals surface area contributed by atoms with Crippen molar-refractivity contribution in [2.75, 3.05) is 0 Å². The Balaban J connectivity index is 1.48. The molecule has 0 fully saturated rings. The van der Waals surface area contributed by atoms with Gasteiger partial charge in [0.05, 0.1) is 0 Å². The van der Waals surface area contributed by atoms with E-state index in [2.05, 4.69) is 11.5 Å². The summed E-state index contributed by atoms with van der Waals surface area (Å²) in [6, 6.07) is 3.66. The lowest BCUT2D eigenvalue weighted by atomic mass is 10.0. The minimum atomic E-state index is 0.666. The van der Waals surface area contributed by atoms with E-state index in [9.17, 15) is 9.59 Å². The lowest BCUT2D eigenvalue weighted by Gasteiger charge is -2.12. The monoisotopic (exact) mass is 425 g/mol. The van der Waals surface area contributed by atoms with Gasteiger partial charge in [-0.05, 0) is 12.0 Å². The van der Waals surface area contributed by atoms with E-state index in [-0.39, 0.29) is 0 Å². The fourth-order valence-corrected chi connectivity index (χ4v) is 4.52. The SMILES string of the molecule is CCCCCCCCCCCCCCCCCCn1cc(C=O)c2ccc(C=O)c-2c1. The van der Waals surface area contributed by atoms with Gasteiger partial charge in [-0.3, -0.25) is 9.59 Å². The minimum Gasteiger partial charge on any atom is -0.353 e. The summed E-state index contributed by atoms with van der Waals surface area (Å²) in [5.74, 6) is 0. The maximum Gasteiger partial charge on any atom is 0.152 e. The van der Waals surface area contributed by atoms with E-state index in [1.165, 1.54) is 96.3 Å². The number of aryl methyl sites for hydroxylation is 1. The highest BCUT2D eigenvalue weighted by atomic mass is 16.1. The van der Waals surface area contributed by atoms with Gasteiger partial charge in [0.1, 0.15) is 0 Å². The van der Waals surface area contributed by atoms with Crippen molar-refractivity contribution in [2.24, 2.45) is 0 Å². The Kier molecular flexibility index (Phi) is 13.0. The summed E-state index contributed by atoms with van der Waals surface area (Å²) in [5.41, 5.74) is 3.10. The van der Waals surface area contributed by atoms with Crippen molar-refractivity contribution in [2.45, 2.75) is 116 Å². The second-order valence-electron chi connectivity index (χ2n) is 9.11. The Morgan fingerprint density at radius 1 is 0.581 bits per heavy atom. The fourth-order valence-electron chi connectivity index (χ4n) is 4.52. The van der Waals surface area contributed by atoms with Crippen LogP contribution in [0.3, 0.4) is 0 Å². The number of rotatable bonds is 19. The molecule has 2 rings (SSSR count). The predicted molar refractivity (Wildman–Crippen MR) is 131 cm³/mol. The molecule has 31 heavy (non-hydrogen) atoms. The first-order valence-electron chi connectivity index (χ1n) is 12.8. The Bertz CT molecular complexity index is 718. The van der Waals surface area contributed by atoms with Crippen LogP contribution in [0.15, 0.2) is 24.5 Å². The van der Waals surface area contributed by atoms with Crippen LogP contribution in [0.5, 0.6) is 0 Å². The van der Waals surface area contributed by atoms with Crippen LogP contribution < -0.4 is 0 Å². The van der Waals surface area contributed by atoms with Gasteiger partial charge in [-0.2, -0.15) is 0 Å². The maximum atomic E-state index is 11.4. The van der Waals surface area contributed by atoms with Gasteiger partial charge in [0.25, 0.3) is 0 Å². The number of aldehydes is 2. The summed E-state index contributed by atoms with van der Waals surface area (Å²) >= 11 is 0. The standard InChI is InChI=1S/C28H43NO2/c1-2-3-4-5-6-7-8-9-10-11-12-13-14-15-16-17-20-29-21-26(24-31)27-19-18-25(23-30)28(27)22-29/h18-19,21-24H,2-17,20H2,1H3. The van der Waals surface area contributed by atoms with Gasteiger partial charge in [0.2, 0.25) is 0 Å². The molecule has 1 heterocycles. The van der Waals surface area contributed by atoms with E-state index in [1.807, 2.05) is 18.5 Å². The summed E-state index contributed by atoms with van der Waals surface area (Å²) < 4.78 is 2.07. The van der Waals surface area contributed by atoms with Gasteiger partial charge in [-0.15, -0.1) is 0 Å². The van der Waals surface area contributed by atoms with Crippen LogP contribution in [-0.4, -0.2) is 17.1 Å². The van der Waals surface area contributed by atoms with Crippen LogP contribution in [-0.2, 0) is 6.54 Å². The first-order chi connectivity index (χ1) is 15.3. The zero-order valence-corrected chi connectivity index (χ0v) is 19.7. The molecule has 1 aliphatic carbocycles. The minimum absolute atomic E-state index is 0.666. The highest BCUT2D eigenvalue weighted by Gasteiger charge is 2.14. The second kappa shape index (κ2) is 15.8. The lowest BCUT2D eigenvalue weighted by Crippen LogP contribution is -2.03. The Morgan fingerprint density at radius 3 is 1.55 bits per heavy atom. The first kappa shape index (κ1) is 25.4. The maximum absolute atomic E-state index is 11.4. The smallest absolute Gasteiger partial charge is 0.152 e. The number of nitrogens with zero attached hydrogens (tertiary/aromatic N) is 1. The number of hydrogen-bond donors (Lipinski definition) is 0. The first-order valence-corrected chi connectivity index (χ1v) is 12.8. The molecule has 0 unspecified atom stereocenters. The van der Waals surface area contributed by atoms with Crippen LogP contribution >= 0.6 is 0 Å². The molecule has 0 saturated heterocycles. The van der Waals surface area contributed by atoms with E-state index >= 15 is 0 Å². The van der Waals surface area contributed by atoms with Gasteiger partial charge < -0.3 is 4.57 Å². The summed E-state index contributed by atoms with van der Waals surface area (Å²) in [6.07, 6.45) is 27.6. The van der Waals surface area contributed by atoms with Gasteiger partial charge in [0.15, 0.2) is 12.6 Å². The van der Waals surface area contributed by atoms with Gasteiger partial charge >= 0.3 is 0 Å². The molecule has 0 aromatic rings. The third-order valence-electron chi connectivity index (χ3n) is 6.47. The molecule has 0 N–H and O–H groups in total. The average molecular weight is 426 g/mol. The Labute approximate surface area is 190 Å². The molecule has 0 saturated carbocycles. The second-order valence-corrected chi connectivity index (χ2v) is 9.11. The number of carbonyl (C=O) groups is 2. The van der Waals surface area contributed by atoms with E-state index < -0.39 is 0 Å². The molecule has 3 heteroatoms. The van der Waals surface area contributed by atoms with Crippen LogP contribution in [0.25, 0.3) is 11.1 Å². The highest BCUT2D eigenvalue weighted by Crippen LogP contribution is 2.29. The van der Waals surface area contributed by atoms with Crippen LogP contribution in [0.2, 0.25) is 0 Å². The normalized spacial score (nSPS) is 11.3. The predicted octanol–water partition coefficient (Wildman–Crippen LogP) is 8.48. The van der Waals surface area contributed by atoms with Crippen LogP contribution in [0.4, 0.5) is 0 Å². The molecule has 0 aromatic heterocycles. The molecule has 2 aliphatic rings. The third kappa shape index (κ3) is 9.41. The molecule has 1 aliphatic heterocycles. The van der Waals surface area contributed by atoms with Crippen LogP contribution in [0, 0.1) is 0 Å². The number of pyridine rings is 1. The molecule has 172 valence electrons. The summed E-state index contributed by atoms with van der Waals surface area (Å²) in [4.78, 5) is 22.6. The number of aromatic nitrogens is 1. The van der Waals surface area contributed by atoms with Crippen molar-refractivity contribution < 1.29 is 9.59 Å². The molecular formula is C28H43NO2. The van der Waals surface area contributed by atoms with Crippen molar-refractivity contribution in [3.05, 3.63) is 35.7 Å². The topological polar surface area (TPSA) is 39.1 Å². The molecule has 0 amide bonds. The zero-order chi connectivity index (χ0) is 22.2. The van der Waals surface area contributed by atoms with Crippen molar-refractivity contribution in [3.8, 4) is 11.1 Å². The van der Waals surface area contributed by atoms with E-state index in [4.69, 9.17) is 0 Å². The fraction of sp³-hybridized carbons (Fsp3) is 0.643. The molecule has 0 atom stereocenters. The highest BCUT2D eigenvalue weighted by molar-refractivity contribution is 5.96. The van der Waals surface area contributed by atoms with Gasteiger partial charge in [-0.25, -0.2) is 0 Å². The number of unbranched alkanes of at least 4 members (excludes halogenated alkanes) is 15. The Morgan fingerprint density at radius 2 is 1.06 bits per heavy atom. The van der Waals surface area contributed by atoms with Gasteiger partial charge in [0, 0.05) is 35.6 Å². The molecule has 0 aromatic carbocycles. The van der Waals surface area contributed by atoms with E-state index in [1.54, 1.807) is 6.07 Å². The quantitative estimate of drug-likeness (QED) is 0.167. The summed E-state index contributed by atoms with van der Waals surface area (Å²) in [5, 5.41) is 0.